The number of benzene rings is 4. The first-order chi connectivity index (χ1) is 23.5. The molecule has 4 aromatic rings. The highest BCUT2D eigenvalue weighted by molar-refractivity contribution is 7.80. The molecule has 49 heavy (non-hydrogen) atoms. The summed E-state index contributed by atoms with van der Waals surface area (Å²) in [6, 6.07) is 32.5. The molecule has 256 valence electrons. The number of nitrogens with one attached hydrogen (secondary N) is 3. The van der Waals surface area contributed by atoms with E-state index in [2.05, 4.69) is 27.6 Å². The van der Waals surface area contributed by atoms with Crippen molar-refractivity contribution in [1.29, 1.82) is 0 Å². The van der Waals surface area contributed by atoms with Crippen LogP contribution in [0.1, 0.15) is 55.9 Å². The maximum atomic E-state index is 13.8. The number of carbonyl (C=O) groups excluding carboxylic acids is 3. The molecule has 0 bridgehead atoms. The zero-order chi connectivity index (χ0) is 35.0. The molecule has 0 saturated carbocycles. The molecule has 1 aliphatic carbocycles. The molecule has 3 atom stereocenters. The zero-order valence-corrected chi connectivity index (χ0v) is 28.9. The number of hydrazine groups is 1. The minimum absolute atomic E-state index is 0.0379. The number of carbonyl (C=O) groups is 3. The molecule has 0 fully saturated rings. The van der Waals surface area contributed by atoms with Crippen molar-refractivity contribution < 1.29 is 28.1 Å². The van der Waals surface area contributed by atoms with E-state index >= 15 is 0 Å². The lowest BCUT2D eigenvalue weighted by atomic mass is 9.98. The smallest absolute Gasteiger partial charge is 0.407 e. The quantitative estimate of drug-likeness (QED) is 0.125. The molecule has 11 heteroatoms. The van der Waals surface area contributed by atoms with E-state index in [1.54, 1.807) is 20.8 Å². The summed E-state index contributed by atoms with van der Waals surface area (Å²) in [5.74, 6) is -1.34. The van der Waals surface area contributed by atoms with Crippen LogP contribution in [0.4, 0.5) is 4.79 Å². The van der Waals surface area contributed by atoms with Gasteiger partial charge in [-0.15, -0.1) is 4.41 Å². The lowest BCUT2D eigenvalue weighted by molar-refractivity contribution is -0.156. The van der Waals surface area contributed by atoms with Crippen LogP contribution < -0.4 is 15.5 Å². The van der Waals surface area contributed by atoms with Gasteiger partial charge in [0.15, 0.2) is 11.2 Å². The Morgan fingerprint density at radius 1 is 0.796 bits per heavy atom. The standard InChI is InChI=1S/C38H42N4O6S/c1-26(39-37(45)47-25-33-31-21-13-11-19-29(31)30-20-12-14-22-32(30)33)35(43)40-42(24-28-17-9-6-10-18-28)49(46)41-34(36(44)48-38(2,3)4)23-27-15-7-5-8-16-27/h5-22,26,33-34,41H,23-25H2,1-4H3,(H,39,45)(H,40,43)/t26-,34+,49?/m0/s1. The average Bonchev–Trinajstić information content (AvgIpc) is 3.40. The second-order valence-corrected chi connectivity index (χ2v) is 14.0. The van der Waals surface area contributed by atoms with Crippen LogP contribution in [0.25, 0.3) is 11.1 Å². The number of hydrogen-bond donors (Lipinski definition) is 3. The van der Waals surface area contributed by atoms with E-state index in [0.29, 0.717) is 0 Å². The third-order valence-corrected chi connectivity index (χ3v) is 9.00. The SMILES string of the molecule is C[C@H](NC(=O)OCC1c2ccccc2-c2ccccc21)C(=O)NN(Cc1ccccc1)S(=O)N[C@H](Cc1ccccc1)C(=O)OC(C)(C)C. The predicted octanol–water partition coefficient (Wildman–Crippen LogP) is 5.57. The topological polar surface area (TPSA) is 126 Å². The predicted molar refractivity (Wildman–Crippen MR) is 189 cm³/mol. The summed E-state index contributed by atoms with van der Waals surface area (Å²) in [5.41, 5.74) is 7.85. The van der Waals surface area contributed by atoms with Crippen LogP contribution in [0.5, 0.6) is 0 Å². The summed E-state index contributed by atoms with van der Waals surface area (Å²) >= 11 is -2.10. The van der Waals surface area contributed by atoms with Gasteiger partial charge in [-0.05, 0) is 67.5 Å². The van der Waals surface area contributed by atoms with E-state index in [1.165, 1.54) is 11.3 Å². The van der Waals surface area contributed by atoms with Crippen LogP contribution in [0, 0.1) is 0 Å². The summed E-state index contributed by atoms with van der Waals surface area (Å²) in [7, 11) is 0. The highest BCUT2D eigenvalue weighted by Crippen LogP contribution is 2.44. The third-order valence-electron chi connectivity index (χ3n) is 7.89. The van der Waals surface area contributed by atoms with Gasteiger partial charge in [-0.2, -0.15) is 0 Å². The normalized spacial score (nSPS) is 14.2. The van der Waals surface area contributed by atoms with Crippen molar-refractivity contribution in [1.82, 2.24) is 19.9 Å². The van der Waals surface area contributed by atoms with Gasteiger partial charge in [-0.1, -0.05) is 109 Å². The van der Waals surface area contributed by atoms with Crippen LogP contribution in [0.2, 0.25) is 0 Å². The third kappa shape index (κ3) is 9.62. The second kappa shape index (κ2) is 16.0. The number of esters is 1. The Bertz CT molecular complexity index is 1730. The van der Waals surface area contributed by atoms with E-state index in [0.717, 1.165) is 33.4 Å². The largest absolute Gasteiger partial charge is 0.459 e. The van der Waals surface area contributed by atoms with Crippen molar-refractivity contribution >= 4 is 29.1 Å². The Morgan fingerprint density at radius 2 is 1.33 bits per heavy atom. The van der Waals surface area contributed by atoms with Gasteiger partial charge < -0.3 is 14.8 Å². The number of ether oxygens (including phenoxy) is 2. The maximum Gasteiger partial charge on any atom is 0.407 e. The maximum absolute atomic E-state index is 13.8. The minimum atomic E-state index is -2.10. The van der Waals surface area contributed by atoms with Crippen molar-refractivity contribution in [3.63, 3.8) is 0 Å². The first kappa shape index (κ1) is 35.5. The van der Waals surface area contributed by atoms with E-state index in [-0.39, 0.29) is 25.5 Å². The van der Waals surface area contributed by atoms with Crippen LogP contribution in [0.3, 0.4) is 0 Å². The Kier molecular flexibility index (Phi) is 11.6. The van der Waals surface area contributed by atoms with E-state index in [1.807, 2.05) is 97.1 Å². The van der Waals surface area contributed by atoms with Crippen molar-refractivity contribution in [3.8, 4) is 11.1 Å². The molecule has 0 heterocycles. The van der Waals surface area contributed by atoms with E-state index in [9.17, 15) is 18.6 Å². The van der Waals surface area contributed by atoms with E-state index < -0.39 is 46.8 Å². The van der Waals surface area contributed by atoms with Gasteiger partial charge in [0.05, 0.1) is 6.54 Å². The first-order valence-corrected chi connectivity index (χ1v) is 17.3. The Labute approximate surface area is 289 Å². The lowest BCUT2D eigenvalue weighted by Gasteiger charge is -2.28. The van der Waals surface area contributed by atoms with Crippen molar-refractivity contribution in [3.05, 3.63) is 131 Å². The van der Waals surface area contributed by atoms with Gasteiger partial charge in [0.25, 0.3) is 5.91 Å². The number of rotatable bonds is 13. The van der Waals surface area contributed by atoms with Gasteiger partial charge >= 0.3 is 12.1 Å². The van der Waals surface area contributed by atoms with Gasteiger partial charge in [0, 0.05) is 5.92 Å². The molecule has 0 aliphatic heterocycles. The molecular weight excluding hydrogens is 641 g/mol. The summed E-state index contributed by atoms with van der Waals surface area (Å²) in [6.07, 6.45) is -0.555. The van der Waals surface area contributed by atoms with Gasteiger partial charge in [0.2, 0.25) is 0 Å². The number of alkyl carbamates (subject to hydrolysis) is 1. The number of fused-ring (bicyclic) bond motifs is 3. The Morgan fingerprint density at radius 3 is 1.90 bits per heavy atom. The van der Waals surface area contributed by atoms with Gasteiger partial charge in [0.1, 0.15) is 24.3 Å². The van der Waals surface area contributed by atoms with Crippen LogP contribution >= 0.6 is 0 Å². The molecule has 1 unspecified atom stereocenters. The Hall–Kier alpha value is -4.84. The summed E-state index contributed by atoms with van der Waals surface area (Å²) < 4.78 is 29.1. The summed E-state index contributed by atoms with van der Waals surface area (Å²) in [5, 5.41) is 2.58. The molecule has 10 nitrogen and oxygen atoms in total. The highest BCUT2D eigenvalue weighted by atomic mass is 32.2. The molecule has 1 aliphatic rings. The molecule has 3 N–H and O–H groups in total. The lowest BCUT2D eigenvalue weighted by Crippen LogP contribution is -2.55. The number of amides is 2. The molecule has 0 aromatic heterocycles. The fraction of sp³-hybridized carbons (Fsp3) is 0.289. The van der Waals surface area contributed by atoms with Crippen LogP contribution in [-0.4, -0.2) is 50.9 Å². The molecule has 4 aromatic carbocycles. The van der Waals surface area contributed by atoms with Crippen molar-refractivity contribution in [2.75, 3.05) is 6.61 Å². The number of hydrogen-bond acceptors (Lipinski definition) is 6. The molecule has 0 radical (unpaired) electrons. The highest BCUT2D eigenvalue weighted by Gasteiger charge is 2.31. The van der Waals surface area contributed by atoms with E-state index in [4.69, 9.17) is 9.47 Å². The van der Waals surface area contributed by atoms with Crippen molar-refractivity contribution in [2.24, 2.45) is 0 Å². The Balaban J connectivity index is 1.24. The summed E-state index contributed by atoms with van der Waals surface area (Å²) in [4.78, 5) is 39.5. The summed E-state index contributed by atoms with van der Waals surface area (Å²) in [6.45, 7) is 6.91. The molecule has 2 amide bonds. The molecular formula is C38H42N4O6S. The fourth-order valence-corrected chi connectivity index (χ4v) is 6.56. The monoisotopic (exact) mass is 682 g/mol. The molecule has 5 rings (SSSR count). The fourth-order valence-electron chi connectivity index (χ4n) is 5.57. The molecule has 0 saturated heterocycles. The first-order valence-electron chi connectivity index (χ1n) is 16.2. The second-order valence-electron chi connectivity index (χ2n) is 12.8. The molecule has 0 spiro atoms. The minimum Gasteiger partial charge on any atom is -0.459 e. The van der Waals surface area contributed by atoms with Gasteiger partial charge in [-0.3, -0.25) is 15.0 Å². The zero-order valence-electron chi connectivity index (χ0n) is 28.1. The van der Waals surface area contributed by atoms with Gasteiger partial charge in [-0.25, -0.2) is 13.7 Å². The van der Waals surface area contributed by atoms with Crippen LogP contribution in [-0.2, 0) is 43.2 Å². The average molecular weight is 683 g/mol. The number of nitrogens with zero attached hydrogens (tertiary/aromatic N) is 1. The van der Waals surface area contributed by atoms with Crippen molar-refractivity contribution in [2.45, 2.75) is 64.3 Å². The van der Waals surface area contributed by atoms with Crippen LogP contribution in [0.15, 0.2) is 109 Å².